The second kappa shape index (κ2) is 8.20. The maximum Gasteiger partial charge on any atom is 0.345 e. The van der Waals surface area contributed by atoms with Gasteiger partial charge in [0, 0.05) is 43.3 Å². The summed E-state index contributed by atoms with van der Waals surface area (Å²) in [6.45, 7) is 3.68. The lowest BCUT2D eigenvalue weighted by Gasteiger charge is -2.30. The minimum absolute atomic E-state index is 0.411. The third-order valence-corrected chi connectivity index (χ3v) is 5.50. The maximum absolute atomic E-state index is 12.8. The fourth-order valence-corrected chi connectivity index (χ4v) is 3.69. The van der Waals surface area contributed by atoms with Crippen LogP contribution >= 0.6 is 0 Å². The largest absolute Gasteiger partial charge is 0.422 e. The molecule has 7 heteroatoms. The van der Waals surface area contributed by atoms with Crippen molar-refractivity contribution in [3.63, 3.8) is 0 Å². The molecule has 0 aliphatic carbocycles. The van der Waals surface area contributed by atoms with Crippen molar-refractivity contribution in [2.24, 2.45) is 5.10 Å². The van der Waals surface area contributed by atoms with E-state index in [2.05, 4.69) is 17.0 Å². The van der Waals surface area contributed by atoms with E-state index in [1.807, 2.05) is 65.8 Å². The van der Waals surface area contributed by atoms with Crippen LogP contribution in [-0.2, 0) is 0 Å². The van der Waals surface area contributed by atoms with E-state index >= 15 is 0 Å². The highest BCUT2D eigenvalue weighted by atomic mass is 16.4. The van der Waals surface area contributed by atoms with Gasteiger partial charge in [0.15, 0.2) is 0 Å². The molecule has 0 radical (unpaired) electrons. The van der Waals surface area contributed by atoms with Gasteiger partial charge in [-0.1, -0.05) is 36.4 Å². The van der Waals surface area contributed by atoms with Gasteiger partial charge in [-0.15, -0.1) is 0 Å². The van der Waals surface area contributed by atoms with Crippen molar-refractivity contribution in [2.75, 3.05) is 33.2 Å². The molecule has 0 saturated carbocycles. The lowest BCUT2D eigenvalue weighted by Crippen LogP contribution is -2.41. The smallest absolute Gasteiger partial charge is 0.345 e. The van der Waals surface area contributed by atoms with E-state index in [1.165, 1.54) is 0 Å². The molecule has 0 bridgehead atoms. The van der Waals surface area contributed by atoms with Gasteiger partial charge in [-0.25, -0.2) is 9.48 Å². The molecule has 7 nitrogen and oxygen atoms in total. The van der Waals surface area contributed by atoms with Crippen LogP contribution in [0.15, 0.2) is 81.2 Å². The summed E-state index contributed by atoms with van der Waals surface area (Å²) in [5.41, 5.74) is 2.81. The van der Waals surface area contributed by atoms with Crippen molar-refractivity contribution in [1.29, 1.82) is 0 Å². The van der Waals surface area contributed by atoms with Gasteiger partial charge < -0.3 is 9.32 Å². The molecule has 5 rings (SSSR count). The average Bonchev–Trinajstić information content (AvgIpc) is 3.23. The Hall–Kier alpha value is -3.71. The Bertz CT molecular complexity index is 1280. The monoisotopic (exact) mass is 413 g/mol. The van der Waals surface area contributed by atoms with Gasteiger partial charge in [0.1, 0.15) is 11.3 Å². The van der Waals surface area contributed by atoms with Crippen LogP contribution in [0.5, 0.6) is 0 Å². The molecular weight excluding hydrogens is 390 g/mol. The zero-order chi connectivity index (χ0) is 21.2. The molecule has 2 aromatic carbocycles. The van der Waals surface area contributed by atoms with E-state index in [4.69, 9.17) is 9.52 Å². The number of rotatable bonds is 4. The van der Waals surface area contributed by atoms with Crippen molar-refractivity contribution in [1.82, 2.24) is 19.7 Å². The molecule has 0 spiro atoms. The predicted molar refractivity (Wildman–Crippen MR) is 122 cm³/mol. The maximum atomic E-state index is 12.8. The van der Waals surface area contributed by atoms with Gasteiger partial charge in [0.25, 0.3) is 0 Å². The highest BCUT2D eigenvalue weighted by Crippen LogP contribution is 2.24. The molecule has 31 heavy (non-hydrogen) atoms. The van der Waals surface area contributed by atoms with Gasteiger partial charge in [-0.2, -0.15) is 10.2 Å². The number of piperazine rings is 1. The Morgan fingerprint density at radius 1 is 1.00 bits per heavy atom. The summed E-state index contributed by atoms with van der Waals surface area (Å²) >= 11 is 0. The SMILES string of the molecule is CN1CCN(/N=C\c2cn(-c3ccccc3)nc2-c2cc3ccccc3oc2=O)CC1. The van der Waals surface area contributed by atoms with Crippen LogP contribution in [0.2, 0.25) is 0 Å². The van der Waals surface area contributed by atoms with Gasteiger partial charge in [0.05, 0.1) is 17.5 Å². The number of likely N-dealkylation sites (N-methyl/N-ethyl adjacent to an activating group) is 1. The number of hydrogen-bond donors (Lipinski definition) is 0. The first-order valence-electron chi connectivity index (χ1n) is 10.3. The van der Waals surface area contributed by atoms with Crippen LogP contribution in [-0.4, -0.2) is 59.1 Å². The van der Waals surface area contributed by atoms with E-state index in [1.54, 1.807) is 17.0 Å². The molecule has 0 N–H and O–H groups in total. The summed E-state index contributed by atoms with van der Waals surface area (Å²) < 4.78 is 7.33. The van der Waals surface area contributed by atoms with Crippen LogP contribution in [0.4, 0.5) is 0 Å². The quantitative estimate of drug-likeness (QED) is 0.380. The zero-order valence-corrected chi connectivity index (χ0v) is 17.3. The van der Waals surface area contributed by atoms with Gasteiger partial charge in [-0.3, -0.25) is 5.01 Å². The minimum Gasteiger partial charge on any atom is -0.422 e. The molecule has 2 aromatic heterocycles. The van der Waals surface area contributed by atoms with Gasteiger partial charge in [0.2, 0.25) is 0 Å². The number of para-hydroxylation sites is 2. The average molecular weight is 413 g/mol. The fourth-order valence-electron chi connectivity index (χ4n) is 3.69. The second-order valence-corrected chi connectivity index (χ2v) is 7.70. The number of benzene rings is 2. The van der Waals surface area contributed by atoms with E-state index in [0.717, 1.165) is 42.8 Å². The topological polar surface area (TPSA) is 66.9 Å². The number of aromatic nitrogens is 2. The van der Waals surface area contributed by atoms with Crippen LogP contribution in [0.25, 0.3) is 27.9 Å². The molecule has 1 fully saturated rings. The van der Waals surface area contributed by atoms with Crippen molar-refractivity contribution < 1.29 is 4.42 Å². The molecule has 3 heterocycles. The Balaban J connectivity index is 1.59. The van der Waals surface area contributed by atoms with Crippen molar-refractivity contribution in [3.05, 3.63) is 82.8 Å². The highest BCUT2D eigenvalue weighted by Gasteiger charge is 2.17. The predicted octanol–water partition coefficient (Wildman–Crippen LogP) is 3.23. The molecular formula is C24H23N5O2. The zero-order valence-electron chi connectivity index (χ0n) is 17.3. The molecule has 0 unspecified atom stereocenters. The first-order valence-corrected chi connectivity index (χ1v) is 10.3. The van der Waals surface area contributed by atoms with E-state index in [0.29, 0.717) is 16.8 Å². The van der Waals surface area contributed by atoms with E-state index < -0.39 is 5.63 Å². The van der Waals surface area contributed by atoms with Crippen molar-refractivity contribution in [2.45, 2.75) is 0 Å². The Labute approximate surface area is 179 Å². The summed E-state index contributed by atoms with van der Waals surface area (Å²) in [7, 11) is 2.11. The van der Waals surface area contributed by atoms with Crippen molar-refractivity contribution >= 4 is 17.2 Å². The molecule has 4 aromatic rings. The lowest BCUT2D eigenvalue weighted by atomic mass is 10.1. The number of hydrogen-bond acceptors (Lipinski definition) is 6. The molecule has 156 valence electrons. The fraction of sp³-hybridized carbons (Fsp3) is 0.208. The summed E-state index contributed by atoms with van der Waals surface area (Å²) in [5.74, 6) is 0. The van der Waals surface area contributed by atoms with Crippen LogP contribution in [0.3, 0.4) is 0 Å². The standard InChI is InChI=1S/C24H23N5O2/c1-27-11-13-28(14-12-27)25-16-19-17-29(20-8-3-2-4-9-20)26-23(19)21-15-18-7-5-6-10-22(18)31-24(21)30/h2-10,15-17H,11-14H2,1H3/b25-16-. The minimum atomic E-state index is -0.411. The first-order chi connectivity index (χ1) is 15.2. The summed E-state index contributed by atoms with van der Waals surface area (Å²) in [4.78, 5) is 15.1. The molecule has 1 saturated heterocycles. The Morgan fingerprint density at radius 3 is 2.55 bits per heavy atom. The van der Waals surface area contributed by atoms with Crippen LogP contribution < -0.4 is 5.63 Å². The molecule has 1 aliphatic rings. The number of hydrazone groups is 1. The number of fused-ring (bicyclic) bond motifs is 1. The summed E-state index contributed by atoms with van der Waals surface area (Å²) in [5, 5.41) is 12.3. The summed E-state index contributed by atoms with van der Waals surface area (Å²) in [6.07, 6.45) is 3.70. The lowest BCUT2D eigenvalue weighted by molar-refractivity contribution is 0.159. The van der Waals surface area contributed by atoms with Crippen LogP contribution in [0, 0.1) is 0 Å². The second-order valence-electron chi connectivity index (χ2n) is 7.70. The van der Waals surface area contributed by atoms with E-state index in [9.17, 15) is 4.79 Å². The third-order valence-electron chi connectivity index (χ3n) is 5.50. The number of nitrogens with zero attached hydrogens (tertiary/aromatic N) is 5. The van der Waals surface area contributed by atoms with Gasteiger partial charge >= 0.3 is 5.63 Å². The Morgan fingerprint density at radius 2 is 1.74 bits per heavy atom. The van der Waals surface area contributed by atoms with E-state index in [-0.39, 0.29) is 0 Å². The molecule has 0 amide bonds. The Kier molecular flexibility index (Phi) is 5.09. The molecule has 0 atom stereocenters. The first kappa shape index (κ1) is 19.3. The highest BCUT2D eigenvalue weighted by molar-refractivity contribution is 5.90. The molecule has 1 aliphatic heterocycles. The third kappa shape index (κ3) is 4.00. The van der Waals surface area contributed by atoms with Gasteiger partial charge in [-0.05, 0) is 31.3 Å². The van der Waals surface area contributed by atoms with Crippen LogP contribution in [0.1, 0.15) is 5.56 Å². The summed E-state index contributed by atoms with van der Waals surface area (Å²) in [6, 6.07) is 19.1. The van der Waals surface area contributed by atoms with Crippen molar-refractivity contribution in [3.8, 4) is 16.9 Å². The normalized spacial score (nSPS) is 15.2.